The maximum atomic E-state index is 6.59. The molecule has 63 heavy (non-hydrogen) atoms. The number of hydrogen-bond acceptors (Lipinski definition) is 3. The minimum absolute atomic E-state index is 0.0408. The number of hydrogen-bond donors (Lipinski definition) is 1. The fourth-order valence-corrected chi connectivity index (χ4v) is 11.8. The molecule has 9 aromatic rings. The van der Waals surface area contributed by atoms with Gasteiger partial charge in [0.25, 0.3) is 0 Å². The molecule has 3 aliphatic rings. The lowest BCUT2D eigenvalue weighted by molar-refractivity contribution is 0.332. The van der Waals surface area contributed by atoms with Crippen LogP contribution in [0.5, 0.6) is 0 Å². The zero-order chi connectivity index (χ0) is 43.2. The second kappa shape index (κ2) is 13.4. The van der Waals surface area contributed by atoms with Gasteiger partial charge in [0.2, 0.25) is 0 Å². The molecule has 307 valence electrons. The van der Waals surface area contributed by atoms with Crippen LogP contribution in [0, 0.1) is 0 Å². The third-order valence-corrected chi connectivity index (χ3v) is 15.5. The Balaban J connectivity index is 1.12. The van der Waals surface area contributed by atoms with Crippen molar-refractivity contribution in [3.05, 3.63) is 168 Å². The van der Waals surface area contributed by atoms with E-state index in [0.29, 0.717) is 0 Å². The zero-order valence-electron chi connectivity index (χ0n) is 37.2. The molecule has 0 spiro atoms. The number of benzene rings is 7. The van der Waals surface area contributed by atoms with Gasteiger partial charge in [-0.1, -0.05) is 151 Å². The molecule has 7 aromatic carbocycles. The second-order valence-electron chi connectivity index (χ2n) is 20.4. The van der Waals surface area contributed by atoms with Crippen LogP contribution < -0.4 is 16.2 Å². The molecule has 0 bridgehead atoms. The first-order valence-electron chi connectivity index (χ1n) is 22.4. The van der Waals surface area contributed by atoms with E-state index in [1.165, 1.54) is 81.6 Å². The van der Waals surface area contributed by atoms with Crippen LogP contribution in [-0.2, 0) is 16.2 Å². The van der Waals surface area contributed by atoms with E-state index >= 15 is 0 Å². The SMILES string of the molecule is C=C1C=C(c2ccccc2)Sc2cc3c(cc21)[B]c1c(-c2cc4c(cc2Nc2ccc(C(C)(C)C)cc2)C(C)(C)CCC4(C)C)ccc2c4cc5c(cc4n-3c12)oc1ccccc15. The maximum absolute atomic E-state index is 6.59. The average molecular weight is 834 g/mol. The quantitative estimate of drug-likeness (QED) is 0.179. The Bertz CT molecular complexity index is 3460. The summed E-state index contributed by atoms with van der Waals surface area (Å²) >= 11 is 1.83. The fraction of sp³-hybridized carbons (Fsp3) is 0.207. The smallest absolute Gasteiger partial charge is 0.197 e. The van der Waals surface area contributed by atoms with Crippen molar-refractivity contribution < 1.29 is 4.42 Å². The number of allylic oxidation sites excluding steroid dienone is 2. The molecular weight excluding hydrogens is 784 g/mol. The monoisotopic (exact) mass is 833 g/mol. The van der Waals surface area contributed by atoms with Crippen molar-refractivity contribution in [1.82, 2.24) is 4.57 Å². The van der Waals surface area contributed by atoms with Gasteiger partial charge < -0.3 is 14.3 Å². The molecule has 1 N–H and O–H groups in total. The minimum Gasteiger partial charge on any atom is -0.456 e. The summed E-state index contributed by atoms with van der Waals surface area (Å²) in [5, 5.41) is 8.74. The number of nitrogens with zero attached hydrogens (tertiary/aromatic N) is 1. The van der Waals surface area contributed by atoms with Gasteiger partial charge in [-0.15, -0.1) is 0 Å². The van der Waals surface area contributed by atoms with Gasteiger partial charge >= 0.3 is 0 Å². The van der Waals surface area contributed by atoms with Crippen molar-refractivity contribution in [2.45, 2.75) is 82.4 Å². The molecule has 0 unspecified atom stereocenters. The molecule has 0 saturated carbocycles. The highest BCUT2D eigenvalue weighted by molar-refractivity contribution is 8.08. The molecule has 0 saturated heterocycles. The molecule has 0 amide bonds. The summed E-state index contributed by atoms with van der Waals surface area (Å²) in [6.07, 6.45) is 4.55. The number of thioether (sulfide) groups is 1. The van der Waals surface area contributed by atoms with Gasteiger partial charge in [-0.2, -0.15) is 0 Å². The number of fused-ring (bicyclic) bond motifs is 10. The van der Waals surface area contributed by atoms with Gasteiger partial charge in [0, 0.05) is 65.6 Å². The Kier molecular flexibility index (Phi) is 8.20. The van der Waals surface area contributed by atoms with E-state index in [4.69, 9.17) is 4.42 Å². The molecule has 1 radical (unpaired) electrons. The summed E-state index contributed by atoms with van der Waals surface area (Å²) in [6.45, 7) is 21.2. The normalized spacial score (nSPS) is 16.2. The van der Waals surface area contributed by atoms with Crippen LogP contribution in [0.3, 0.4) is 0 Å². The fourth-order valence-electron chi connectivity index (χ4n) is 10.6. The van der Waals surface area contributed by atoms with Crippen LogP contribution in [0.15, 0.2) is 149 Å². The first kappa shape index (κ1) is 38.5. The largest absolute Gasteiger partial charge is 0.456 e. The Hall–Kier alpha value is -6.17. The van der Waals surface area contributed by atoms with Crippen molar-refractivity contribution in [3.63, 3.8) is 0 Å². The van der Waals surface area contributed by atoms with E-state index in [9.17, 15) is 0 Å². The van der Waals surface area contributed by atoms with Crippen LogP contribution in [-0.4, -0.2) is 11.8 Å². The van der Waals surface area contributed by atoms with Crippen molar-refractivity contribution in [2.24, 2.45) is 0 Å². The summed E-state index contributed by atoms with van der Waals surface area (Å²) < 4.78 is 9.11. The topological polar surface area (TPSA) is 30.1 Å². The van der Waals surface area contributed by atoms with Crippen LogP contribution in [0.2, 0.25) is 0 Å². The van der Waals surface area contributed by atoms with E-state index in [-0.39, 0.29) is 16.2 Å². The number of aromatic nitrogens is 1. The Labute approximate surface area is 375 Å². The molecular formula is C58H50BN2OS. The Morgan fingerprint density at radius 3 is 2.17 bits per heavy atom. The van der Waals surface area contributed by atoms with Gasteiger partial charge in [0.1, 0.15) is 11.2 Å². The third-order valence-electron chi connectivity index (χ3n) is 14.4. The van der Waals surface area contributed by atoms with E-state index in [0.717, 1.165) is 57.2 Å². The molecule has 2 aromatic heterocycles. The van der Waals surface area contributed by atoms with Crippen molar-refractivity contribution in [2.75, 3.05) is 5.32 Å². The number of rotatable bonds is 4. The summed E-state index contributed by atoms with van der Waals surface area (Å²) in [5.74, 6) is 0. The highest BCUT2D eigenvalue weighted by Gasteiger charge is 2.39. The molecule has 1 aliphatic carbocycles. The van der Waals surface area contributed by atoms with Gasteiger partial charge in [-0.05, 0) is 122 Å². The standard InChI is InChI=1S/C58H50BN2OS/c1-33-26-52(34-14-10-9-11-15-34)63-53-32-49-46(29-40(33)53)59-54-38(22-23-39-42-27-43-37-16-12-13-17-50(37)62-51(43)31-48(42)61(49)55(39)54)41-28-44-45(58(7,8)25-24-57(44,5)6)30-47(41)60-36-20-18-35(19-21-36)56(2,3)4/h9-23,26-32,60H,1,24-25H2,2-8H3. The Morgan fingerprint density at radius 1 is 0.683 bits per heavy atom. The molecule has 2 aliphatic heterocycles. The van der Waals surface area contributed by atoms with E-state index in [2.05, 4.69) is 206 Å². The summed E-state index contributed by atoms with van der Waals surface area (Å²) in [4.78, 5) is 2.44. The summed E-state index contributed by atoms with van der Waals surface area (Å²) in [5.41, 5.74) is 20.3. The van der Waals surface area contributed by atoms with E-state index in [1.807, 2.05) is 11.8 Å². The lowest BCUT2D eigenvalue weighted by Gasteiger charge is -2.42. The summed E-state index contributed by atoms with van der Waals surface area (Å²) in [6, 6.07) is 47.4. The number of para-hydroxylation sites is 1. The van der Waals surface area contributed by atoms with Crippen LogP contribution in [0.1, 0.15) is 89.1 Å². The number of anilines is 2. The molecule has 5 heteroatoms. The highest BCUT2D eigenvalue weighted by atomic mass is 32.2. The van der Waals surface area contributed by atoms with Crippen molar-refractivity contribution in [1.29, 1.82) is 0 Å². The molecule has 3 nitrogen and oxygen atoms in total. The lowest BCUT2D eigenvalue weighted by atomic mass is 9.58. The highest BCUT2D eigenvalue weighted by Crippen LogP contribution is 2.51. The van der Waals surface area contributed by atoms with Crippen LogP contribution >= 0.6 is 11.8 Å². The van der Waals surface area contributed by atoms with Crippen molar-refractivity contribution >= 4 is 95.6 Å². The van der Waals surface area contributed by atoms with Crippen LogP contribution in [0.25, 0.3) is 71.0 Å². The van der Waals surface area contributed by atoms with Crippen LogP contribution in [0.4, 0.5) is 11.4 Å². The Morgan fingerprint density at radius 2 is 1.41 bits per heavy atom. The second-order valence-corrected chi connectivity index (χ2v) is 21.5. The third kappa shape index (κ3) is 5.96. The molecule has 0 atom stereocenters. The summed E-state index contributed by atoms with van der Waals surface area (Å²) in [7, 11) is 2.45. The maximum Gasteiger partial charge on any atom is 0.197 e. The van der Waals surface area contributed by atoms with Crippen molar-refractivity contribution in [3.8, 4) is 16.8 Å². The van der Waals surface area contributed by atoms with E-state index in [1.54, 1.807) is 0 Å². The lowest BCUT2D eigenvalue weighted by Crippen LogP contribution is -2.38. The first-order chi connectivity index (χ1) is 30.2. The van der Waals surface area contributed by atoms with Gasteiger partial charge in [0.15, 0.2) is 7.28 Å². The minimum atomic E-state index is 0.0408. The average Bonchev–Trinajstić information content (AvgIpc) is 3.80. The predicted octanol–water partition coefficient (Wildman–Crippen LogP) is 14.9. The predicted molar refractivity (Wildman–Crippen MR) is 272 cm³/mol. The number of nitrogens with one attached hydrogen (secondary N) is 1. The molecule has 12 rings (SSSR count). The molecule has 0 fully saturated rings. The first-order valence-corrected chi connectivity index (χ1v) is 23.2. The van der Waals surface area contributed by atoms with E-state index < -0.39 is 0 Å². The van der Waals surface area contributed by atoms with Gasteiger partial charge in [-0.3, -0.25) is 0 Å². The zero-order valence-corrected chi connectivity index (χ0v) is 38.0. The van der Waals surface area contributed by atoms with Gasteiger partial charge in [0.05, 0.1) is 5.52 Å². The van der Waals surface area contributed by atoms with Gasteiger partial charge in [-0.25, -0.2) is 0 Å². The molecule has 4 heterocycles. The number of furan rings is 1.